The van der Waals surface area contributed by atoms with Gasteiger partial charge in [-0.2, -0.15) is 0 Å². The Morgan fingerprint density at radius 1 is 0.915 bits per heavy atom. The topological polar surface area (TPSA) is 55.9 Å². The largest absolute Gasteiger partial charge is 0.333 e. The molecule has 0 radical (unpaired) electrons. The van der Waals surface area contributed by atoms with Gasteiger partial charge in [0.05, 0.1) is 16.1 Å². The molecule has 3 fully saturated rings. The molecule has 6 rings (SSSR count). The van der Waals surface area contributed by atoms with Gasteiger partial charge in [0.2, 0.25) is 5.91 Å². The Hall–Kier alpha value is -3.00. The lowest BCUT2D eigenvalue weighted by molar-refractivity contribution is -0.135. The maximum absolute atomic E-state index is 13.0. The number of fused-ring (bicyclic) bond motifs is 2. The summed E-state index contributed by atoms with van der Waals surface area (Å²) in [7, 11) is 2.20. The fourth-order valence-electron chi connectivity index (χ4n) is 6.70. The Morgan fingerprint density at radius 3 is 2.13 bits per heavy atom. The van der Waals surface area contributed by atoms with E-state index in [0.29, 0.717) is 35.0 Å². The summed E-state index contributed by atoms with van der Waals surface area (Å²) in [6.45, 7) is 17.8. The molecule has 3 saturated heterocycles. The lowest BCUT2D eigenvalue weighted by Gasteiger charge is -2.38. The summed E-state index contributed by atoms with van der Waals surface area (Å²) in [6.07, 6.45) is 4.29. The van der Waals surface area contributed by atoms with Crippen molar-refractivity contribution in [2.24, 2.45) is 0 Å². The molecule has 47 heavy (non-hydrogen) atoms. The molecule has 8 heteroatoms. The van der Waals surface area contributed by atoms with Gasteiger partial charge in [-0.3, -0.25) is 9.69 Å². The van der Waals surface area contributed by atoms with Crippen molar-refractivity contribution in [1.82, 2.24) is 20.0 Å². The van der Waals surface area contributed by atoms with Crippen LogP contribution in [0.25, 0.3) is 0 Å². The molecule has 2 unspecified atom stereocenters. The summed E-state index contributed by atoms with van der Waals surface area (Å²) in [5.41, 5.74) is 6.34. The van der Waals surface area contributed by atoms with Crippen molar-refractivity contribution in [3.63, 3.8) is 0 Å². The Bertz CT molecular complexity index is 1370. The molecule has 3 heterocycles. The monoisotopic (exact) mass is 678 g/mol. The molecule has 3 aliphatic rings. The number of aryl methyl sites for hydroxylation is 4. The van der Waals surface area contributed by atoms with E-state index in [1.165, 1.54) is 28.7 Å². The van der Waals surface area contributed by atoms with Crippen molar-refractivity contribution in [2.45, 2.75) is 64.6 Å². The van der Waals surface area contributed by atoms with E-state index in [1.54, 1.807) is 0 Å². The SMILES string of the molecule is C=C.CN1CC2C[C@H]1CN2CCC(=O)N1CCNCC1c1ccc(Cl)c(Cl)c1.Cc1cc(C)cc(C)c1.O=CCCc1ccccc1. The van der Waals surface area contributed by atoms with Crippen LogP contribution in [-0.2, 0) is 16.0 Å². The van der Waals surface area contributed by atoms with Crippen molar-refractivity contribution in [2.75, 3.05) is 46.3 Å². The van der Waals surface area contributed by atoms with Crippen molar-refractivity contribution in [1.29, 1.82) is 0 Å². The molecule has 1 amide bonds. The zero-order chi connectivity index (χ0) is 34.3. The smallest absolute Gasteiger partial charge is 0.224 e. The number of carbonyl (C=O) groups excluding carboxylic acids is 2. The zero-order valence-corrected chi connectivity index (χ0v) is 30.1. The molecule has 1 N–H and O–H groups in total. The van der Waals surface area contributed by atoms with E-state index in [2.05, 4.69) is 74.3 Å². The lowest BCUT2D eigenvalue weighted by atomic mass is 10.0. The minimum absolute atomic E-state index is 0.0205. The van der Waals surface area contributed by atoms with E-state index in [0.717, 1.165) is 57.5 Å². The summed E-state index contributed by atoms with van der Waals surface area (Å²) in [4.78, 5) is 29.9. The predicted octanol–water partition coefficient (Wildman–Crippen LogP) is 7.48. The second-order valence-corrected chi connectivity index (χ2v) is 13.4. The summed E-state index contributed by atoms with van der Waals surface area (Å²) < 4.78 is 0. The highest BCUT2D eigenvalue weighted by Crippen LogP contribution is 2.31. The second kappa shape index (κ2) is 19.7. The summed E-state index contributed by atoms with van der Waals surface area (Å²) >= 11 is 12.2. The van der Waals surface area contributed by atoms with E-state index in [9.17, 15) is 9.59 Å². The number of piperazine rings is 2. The number of amides is 1. The summed E-state index contributed by atoms with van der Waals surface area (Å²) in [5, 5.41) is 4.48. The summed E-state index contributed by atoms with van der Waals surface area (Å²) in [6, 6.07) is 23.6. The van der Waals surface area contributed by atoms with Gasteiger partial charge in [-0.15, -0.1) is 13.2 Å². The van der Waals surface area contributed by atoms with Gasteiger partial charge in [0.15, 0.2) is 0 Å². The summed E-state index contributed by atoms with van der Waals surface area (Å²) in [5.74, 6) is 0.235. The normalized spacial score (nSPS) is 20.2. The van der Waals surface area contributed by atoms with Crippen LogP contribution in [0.1, 0.15) is 53.1 Å². The third-order valence-corrected chi connectivity index (χ3v) is 9.63. The number of carbonyl (C=O) groups is 2. The van der Waals surface area contributed by atoms with Crippen molar-refractivity contribution in [3.8, 4) is 0 Å². The molecule has 0 aliphatic carbocycles. The Balaban J connectivity index is 0.000000234. The van der Waals surface area contributed by atoms with Crippen LogP contribution in [0.4, 0.5) is 0 Å². The molecule has 0 aromatic heterocycles. The number of likely N-dealkylation sites (tertiary alicyclic amines) is 2. The molecule has 3 atom stereocenters. The number of nitrogens with one attached hydrogen (secondary N) is 1. The standard InChI is InChI=1S/C19H26Cl2N4O.C9H10O.C9H12.C2H4/c1-23-11-15-9-14(23)12-24(15)6-4-19(26)25-7-5-22-10-18(25)13-2-3-16(20)17(21)8-13;10-8-4-7-9-5-2-1-3-6-9;1-7-4-8(2)6-9(3)5-7;1-2/h2-3,8,14-15,18,22H,4-7,9-12H2,1H3;1-3,5-6,8H,4,7H2;4-6H,1-3H3;1-2H2/t14-,15?,18?;;;/m0.../s1. The first-order chi connectivity index (χ1) is 22.6. The van der Waals surface area contributed by atoms with Crippen LogP contribution in [0.15, 0.2) is 79.9 Å². The van der Waals surface area contributed by atoms with Gasteiger partial charge < -0.3 is 19.9 Å². The molecule has 0 spiro atoms. The van der Waals surface area contributed by atoms with Gasteiger partial charge in [0.25, 0.3) is 0 Å². The highest BCUT2D eigenvalue weighted by Gasteiger charge is 2.41. The first kappa shape index (κ1) is 38.4. The first-order valence-electron chi connectivity index (χ1n) is 16.6. The van der Waals surface area contributed by atoms with Crippen LogP contribution in [0.5, 0.6) is 0 Å². The molecule has 3 aromatic carbocycles. The molecule has 2 bridgehead atoms. The third-order valence-electron chi connectivity index (χ3n) is 8.89. The number of halogens is 2. The lowest BCUT2D eigenvalue weighted by Crippen LogP contribution is -2.50. The van der Waals surface area contributed by atoms with Crippen molar-refractivity contribution >= 4 is 35.4 Å². The minimum atomic E-state index is 0.0205. The number of likely N-dealkylation sites (N-methyl/N-ethyl adjacent to an activating group) is 1. The van der Waals surface area contributed by atoms with Crippen LogP contribution >= 0.6 is 23.2 Å². The number of benzene rings is 3. The van der Waals surface area contributed by atoms with Crippen LogP contribution in [0.3, 0.4) is 0 Å². The third kappa shape index (κ3) is 11.9. The highest BCUT2D eigenvalue weighted by molar-refractivity contribution is 6.42. The van der Waals surface area contributed by atoms with Crippen LogP contribution < -0.4 is 5.32 Å². The van der Waals surface area contributed by atoms with Gasteiger partial charge in [-0.05, 0) is 63.9 Å². The van der Waals surface area contributed by atoms with Gasteiger partial charge >= 0.3 is 0 Å². The average molecular weight is 680 g/mol. The molecular formula is C39H52Cl2N4O2. The number of nitrogens with zero attached hydrogens (tertiary/aromatic N) is 3. The quantitative estimate of drug-likeness (QED) is 0.208. The molecule has 6 nitrogen and oxygen atoms in total. The van der Waals surface area contributed by atoms with Gasteiger partial charge in [0, 0.05) is 64.2 Å². The molecule has 0 saturated carbocycles. The van der Waals surface area contributed by atoms with E-state index in [1.807, 2.05) is 53.4 Å². The van der Waals surface area contributed by atoms with Gasteiger partial charge in [0.1, 0.15) is 6.29 Å². The fraction of sp³-hybridized carbons (Fsp3) is 0.436. The maximum Gasteiger partial charge on any atom is 0.224 e. The van der Waals surface area contributed by atoms with E-state index in [4.69, 9.17) is 23.2 Å². The highest BCUT2D eigenvalue weighted by atomic mass is 35.5. The van der Waals surface area contributed by atoms with Crippen LogP contribution in [0.2, 0.25) is 10.0 Å². The molecule has 3 aliphatic heterocycles. The Morgan fingerprint density at radius 2 is 1.57 bits per heavy atom. The van der Waals surface area contributed by atoms with E-state index >= 15 is 0 Å². The number of hydrogen-bond acceptors (Lipinski definition) is 5. The fourth-order valence-corrected chi connectivity index (χ4v) is 7.00. The number of rotatable bonds is 7. The first-order valence-corrected chi connectivity index (χ1v) is 17.3. The zero-order valence-electron chi connectivity index (χ0n) is 28.6. The van der Waals surface area contributed by atoms with Crippen molar-refractivity contribution in [3.05, 3.63) is 118 Å². The maximum atomic E-state index is 13.0. The predicted molar refractivity (Wildman–Crippen MR) is 198 cm³/mol. The van der Waals surface area contributed by atoms with E-state index < -0.39 is 0 Å². The molecule has 3 aromatic rings. The Labute approximate surface area is 292 Å². The van der Waals surface area contributed by atoms with Crippen LogP contribution in [0, 0.1) is 20.8 Å². The number of aldehydes is 1. The van der Waals surface area contributed by atoms with Gasteiger partial charge in [-0.25, -0.2) is 0 Å². The van der Waals surface area contributed by atoms with Crippen molar-refractivity contribution < 1.29 is 9.59 Å². The van der Waals surface area contributed by atoms with Crippen LogP contribution in [-0.4, -0.2) is 85.3 Å². The van der Waals surface area contributed by atoms with Gasteiger partial charge in [-0.1, -0.05) is 94.5 Å². The number of hydrogen-bond donors (Lipinski definition) is 1. The molecular weight excluding hydrogens is 627 g/mol. The Kier molecular flexibility index (Phi) is 16.1. The second-order valence-electron chi connectivity index (χ2n) is 12.6. The van der Waals surface area contributed by atoms with E-state index in [-0.39, 0.29) is 11.9 Å². The average Bonchev–Trinajstić information content (AvgIpc) is 3.64. The molecule has 254 valence electrons. The minimum Gasteiger partial charge on any atom is -0.333 e.